The van der Waals surface area contributed by atoms with Gasteiger partial charge in [0.05, 0.1) is 20.1 Å². The minimum absolute atomic E-state index is 0.192. The summed E-state index contributed by atoms with van der Waals surface area (Å²) in [5.41, 5.74) is 0. The summed E-state index contributed by atoms with van der Waals surface area (Å²) in [5.74, 6) is 0. The molecule has 0 aliphatic carbocycles. The van der Waals surface area contributed by atoms with Gasteiger partial charge in [-0.25, -0.2) is 9.97 Å². The van der Waals surface area contributed by atoms with Crippen LogP contribution in [-0.2, 0) is 0 Å². The molecule has 0 atom stereocenters. The first-order chi connectivity index (χ1) is 12.3. The van der Waals surface area contributed by atoms with E-state index in [-0.39, 0.29) is 10.3 Å². The summed E-state index contributed by atoms with van der Waals surface area (Å²) in [6, 6.07) is 10.8. The van der Waals surface area contributed by atoms with Gasteiger partial charge in [0, 0.05) is 9.79 Å². The van der Waals surface area contributed by atoms with Crippen LogP contribution in [0.5, 0.6) is 0 Å². The van der Waals surface area contributed by atoms with Gasteiger partial charge in [-0.3, -0.25) is 0 Å². The maximum absolute atomic E-state index is 6.23. The molecule has 0 aliphatic heterocycles. The van der Waals surface area contributed by atoms with Gasteiger partial charge in [-0.2, -0.15) is 0 Å². The predicted octanol–water partition coefficient (Wildman–Crippen LogP) is 8.70. The molecule has 3 rings (SSSR count). The molecule has 134 valence electrons. The lowest BCUT2D eigenvalue weighted by atomic mass is 10.4. The molecule has 0 unspecified atom stereocenters. The Kier molecular flexibility index (Phi) is 7.14. The molecule has 2 nitrogen and oxygen atoms in total. The summed E-state index contributed by atoms with van der Waals surface area (Å²) < 4.78 is 0. The smallest absolute Gasteiger partial charge is 0.149 e. The topological polar surface area (TPSA) is 25.8 Å². The van der Waals surface area contributed by atoms with Crippen molar-refractivity contribution in [2.75, 3.05) is 0 Å². The minimum atomic E-state index is 0.192. The zero-order valence-electron chi connectivity index (χ0n) is 12.4. The molecule has 0 bridgehead atoms. The van der Waals surface area contributed by atoms with E-state index in [9.17, 15) is 0 Å². The quantitative estimate of drug-likeness (QED) is 0.333. The maximum atomic E-state index is 6.23. The first-order valence-electron chi connectivity index (χ1n) is 6.83. The number of aromatic nitrogens is 2. The van der Waals surface area contributed by atoms with E-state index in [1.807, 2.05) is 24.3 Å². The van der Waals surface area contributed by atoms with Crippen molar-refractivity contribution in [3.05, 3.63) is 66.8 Å². The Bertz CT molecular complexity index is 905. The van der Waals surface area contributed by atoms with Crippen LogP contribution < -0.4 is 0 Å². The molecule has 0 saturated carbocycles. The highest BCUT2D eigenvalue weighted by Crippen LogP contribution is 2.43. The molecule has 3 aromatic rings. The standard InChI is InChI=1S/C16H6Cl6N2S2/c17-7-5-9(19)15(23-13(7)21)25-11-3-1-2-4-12(11)26-16-10(20)6-8(18)14(22)24-16/h1-6H. The second-order valence-electron chi connectivity index (χ2n) is 4.75. The summed E-state index contributed by atoms with van der Waals surface area (Å²) in [5, 5.41) is 2.90. The fraction of sp³-hybridized carbons (Fsp3) is 0. The average molecular weight is 503 g/mol. The van der Waals surface area contributed by atoms with Gasteiger partial charge in [-0.15, -0.1) is 0 Å². The molecule has 1 aromatic carbocycles. The van der Waals surface area contributed by atoms with Gasteiger partial charge < -0.3 is 0 Å². The first kappa shape index (κ1) is 20.7. The Hall–Kier alpha value is -0.0400. The minimum Gasteiger partial charge on any atom is -0.226 e. The number of benzene rings is 1. The van der Waals surface area contributed by atoms with Gasteiger partial charge in [0.1, 0.15) is 20.4 Å². The van der Waals surface area contributed by atoms with Crippen molar-refractivity contribution in [2.45, 2.75) is 19.8 Å². The van der Waals surface area contributed by atoms with Gasteiger partial charge >= 0.3 is 0 Å². The predicted molar refractivity (Wildman–Crippen MR) is 113 cm³/mol. The summed E-state index contributed by atoms with van der Waals surface area (Å²) >= 11 is 39.0. The van der Waals surface area contributed by atoms with Crippen molar-refractivity contribution in [2.24, 2.45) is 0 Å². The van der Waals surface area contributed by atoms with E-state index in [0.717, 1.165) is 9.79 Å². The van der Waals surface area contributed by atoms with Crippen molar-refractivity contribution in [1.82, 2.24) is 9.97 Å². The molecule has 0 N–H and O–H groups in total. The lowest BCUT2D eigenvalue weighted by Gasteiger charge is -2.11. The van der Waals surface area contributed by atoms with Crippen LogP contribution in [0, 0.1) is 0 Å². The normalized spacial score (nSPS) is 11.0. The van der Waals surface area contributed by atoms with E-state index in [1.165, 1.54) is 23.5 Å². The van der Waals surface area contributed by atoms with Crippen LogP contribution in [0.1, 0.15) is 0 Å². The van der Waals surface area contributed by atoms with Crippen LogP contribution in [0.25, 0.3) is 0 Å². The molecule has 2 heterocycles. The van der Waals surface area contributed by atoms with E-state index < -0.39 is 0 Å². The van der Waals surface area contributed by atoms with Crippen LogP contribution in [0.2, 0.25) is 30.4 Å². The third-order valence-corrected chi connectivity index (χ3v) is 7.41. The van der Waals surface area contributed by atoms with Crippen molar-refractivity contribution in [3.8, 4) is 0 Å². The van der Waals surface area contributed by atoms with Gasteiger partial charge in [-0.05, 0) is 24.3 Å². The number of nitrogens with zero attached hydrogens (tertiary/aromatic N) is 2. The third-order valence-electron chi connectivity index (χ3n) is 2.97. The highest BCUT2D eigenvalue weighted by molar-refractivity contribution is 8.02. The number of halogens is 6. The number of rotatable bonds is 4. The van der Waals surface area contributed by atoms with Gasteiger partial charge in [0.2, 0.25) is 0 Å². The molecule has 2 aromatic heterocycles. The molecule has 10 heteroatoms. The Balaban J connectivity index is 1.95. The fourth-order valence-electron chi connectivity index (χ4n) is 1.83. The van der Waals surface area contributed by atoms with Gasteiger partial charge in [0.25, 0.3) is 0 Å². The van der Waals surface area contributed by atoms with Crippen LogP contribution in [0.3, 0.4) is 0 Å². The van der Waals surface area contributed by atoms with Crippen molar-refractivity contribution >= 4 is 93.1 Å². The Labute approximate surface area is 188 Å². The van der Waals surface area contributed by atoms with Crippen LogP contribution in [0.4, 0.5) is 0 Å². The summed E-state index contributed by atoms with van der Waals surface area (Å²) in [4.78, 5) is 10.3. The molecule has 0 spiro atoms. The van der Waals surface area contributed by atoms with Crippen molar-refractivity contribution in [1.29, 1.82) is 0 Å². The molecule has 0 radical (unpaired) electrons. The van der Waals surface area contributed by atoms with E-state index in [0.29, 0.717) is 30.1 Å². The largest absolute Gasteiger partial charge is 0.226 e. The molecular formula is C16H6Cl6N2S2. The summed E-state index contributed by atoms with van der Waals surface area (Å²) in [7, 11) is 0. The fourth-order valence-corrected chi connectivity index (χ4v) is 5.04. The highest BCUT2D eigenvalue weighted by atomic mass is 35.5. The van der Waals surface area contributed by atoms with E-state index >= 15 is 0 Å². The van der Waals surface area contributed by atoms with Crippen molar-refractivity contribution in [3.63, 3.8) is 0 Å². The Morgan fingerprint density at radius 3 is 1.35 bits per heavy atom. The van der Waals surface area contributed by atoms with E-state index in [2.05, 4.69) is 9.97 Å². The SMILES string of the molecule is Clc1cc(Cl)c(Sc2ccccc2Sc2nc(Cl)c(Cl)cc2Cl)nc1Cl. The zero-order chi connectivity index (χ0) is 18.8. The summed E-state index contributed by atoms with van der Waals surface area (Å²) in [6.45, 7) is 0. The molecule has 0 saturated heterocycles. The second-order valence-corrected chi connectivity index (χ2v) is 9.15. The van der Waals surface area contributed by atoms with Crippen molar-refractivity contribution < 1.29 is 0 Å². The van der Waals surface area contributed by atoms with Crippen LogP contribution in [-0.4, -0.2) is 9.97 Å². The molecule has 0 fully saturated rings. The number of hydrogen-bond donors (Lipinski definition) is 0. The molecule has 0 aliphatic rings. The van der Waals surface area contributed by atoms with E-state index in [1.54, 1.807) is 12.1 Å². The lowest BCUT2D eigenvalue weighted by molar-refractivity contribution is 1.11. The average Bonchev–Trinajstić information content (AvgIpc) is 2.59. The molecule has 26 heavy (non-hydrogen) atoms. The maximum Gasteiger partial charge on any atom is 0.149 e. The Morgan fingerprint density at radius 1 is 0.577 bits per heavy atom. The number of hydrogen-bond acceptors (Lipinski definition) is 4. The Morgan fingerprint density at radius 2 is 0.962 bits per heavy atom. The van der Waals surface area contributed by atoms with Crippen LogP contribution >= 0.6 is 93.1 Å². The lowest BCUT2D eigenvalue weighted by Crippen LogP contribution is -1.88. The second kappa shape index (κ2) is 8.97. The third kappa shape index (κ3) is 4.86. The molecular weight excluding hydrogens is 497 g/mol. The highest BCUT2D eigenvalue weighted by Gasteiger charge is 2.15. The monoisotopic (exact) mass is 500 g/mol. The first-order valence-corrected chi connectivity index (χ1v) is 10.7. The van der Waals surface area contributed by atoms with Gasteiger partial charge in [-0.1, -0.05) is 105 Å². The van der Waals surface area contributed by atoms with Crippen LogP contribution in [0.15, 0.2) is 56.2 Å². The van der Waals surface area contributed by atoms with Gasteiger partial charge in [0.15, 0.2) is 0 Å². The summed E-state index contributed by atoms with van der Waals surface area (Å²) in [6.07, 6.45) is 0. The zero-order valence-corrected chi connectivity index (χ0v) is 18.6. The molecule has 0 amide bonds. The van der Waals surface area contributed by atoms with E-state index in [4.69, 9.17) is 69.6 Å². The number of pyridine rings is 2.